The molecule has 0 N–H and O–H groups in total. The Hall–Kier alpha value is -5.74. The highest BCUT2D eigenvalue weighted by Crippen LogP contribution is 2.41. The number of pyridine rings is 2. The van der Waals surface area contributed by atoms with Crippen molar-refractivity contribution in [1.82, 2.24) is 18.9 Å². The van der Waals surface area contributed by atoms with Crippen LogP contribution in [0.15, 0.2) is 146 Å². The maximum atomic E-state index is 5.15. The molecule has 4 heteroatoms. The van der Waals surface area contributed by atoms with E-state index in [2.05, 4.69) is 147 Å². The van der Waals surface area contributed by atoms with Gasteiger partial charge in [-0.2, -0.15) is 0 Å². The minimum absolute atomic E-state index is 0.928. The second-order valence-corrected chi connectivity index (χ2v) is 10.7. The Morgan fingerprint density at radius 2 is 1.21 bits per heavy atom. The number of benzene rings is 5. The van der Waals surface area contributed by atoms with E-state index in [1.807, 2.05) is 12.3 Å². The van der Waals surface area contributed by atoms with E-state index in [0.717, 1.165) is 50.0 Å². The van der Waals surface area contributed by atoms with E-state index in [9.17, 15) is 0 Å². The van der Waals surface area contributed by atoms with Crippen LogP contribution in [0.4, 0.5) is 0 Å². The molecule has 9 rings (SSSR count). The third-order valence-corrected chi connectivity index (χ3v) is 8.32. The minimum atomic E-state index is 0.928. The Morgan fingerprint density at radius 3 is 2.10 bits per heavy atom. The van der Waals surface area contributed by atoms with Crippen LogP contribution < -0.4 is 0 Å². The SMILES string of the molecule is c1ccc(-n2c3ccccc3n3c4ccccc4c(-c4cccc(-c5ccc6ccc7cccnc7c6n5)c4)c23)cc1. The van der Waals surface area contributed by atoms with Gasteiger partial charge < -0.3 is 0 Å². The van der Waals surface area contributed by atoms with Crippen LogP contribution in [0.2, 0.25) is 0 Å². The molecule has 0 aliphatic carbocycles. The predicted octanol–water partition coefficient (Wildman–Crippen LogP) is 9.47. The lowest BCUT2D eigenvalue weighted by Gasteiger charge is -2.10. The number of fused-ring (bicyclic) bond motifs is 8. The molecular weight excluding hydrogens is 512 g/mol. The molecule has 4 nitrogen and oxygen atoms in total. The third kappa shape index (κ3) is 3.29. The van der Waals surface area contributed by atoms with Gasteiger partial charge in [0.1, 0.15) is 5.65 Å². The number of hydrogen-bond acceptors (Lipinski definition) is 2. The Labute approximate surface area is 241 Å². The molecule has 0 atom stereocenters. The van der Waals surface area contributed by atoms with Gasteiger partial charge in [-0.15, -0.1) is 0 Å². The van der Waals surface area contributed by atoms with Crippen molar-refractivity contribution < 1.29 is 0 Å². The van der Waals surface area contributed by atoms with Gasteiger partial charge in [0, 0.05) is 39.2 Å². The number of hydrogen-bond donors (Lipinski definition) is 0. The fourth-order valence-corrected chi connectivity index (χ4v) is 6.48. The molecule has 0 fully saturated rings. The summed E-state index contributed by atoms with van der Waals surface area (Å²) in [5.74, 6) is 0. The largest absolute Gasteiger partial charge is 0.293 e. The Morgan fingerprint density at radius 1 is 0.500 bits per heavy atom. The quantitative estimate of drug-likeness (QED) is 0.211. The molecule has 42 heavy (non-hydrogen) atoms. The summed E-state index contributed by atoms with van der Waals surface area (Å²) in [4.78, 5) is 9.81. The summed E-state index contributed by atoms with van der Waals surface area (Å²) in [5, 5.41) is 3.41. The molecule has 0 saturated heterocycles. The van der Waals surface area contributed by atoms with Gasteiger partial charge in [0.25, 0.3) is 0 Å². The van der Waals surface area contributed by atoms with E-state index in [1.54, 1.807) is 0 Å². The second kappa shape index (κ2) is 8.88. The first-order chi connectivity index (χ1) is 20.8. The second-order valence-electron chi connectivity index (χ2n) is 10.7. The standard InChI is InChI=1S/C38H24N4/c1-2-13-29(14-3-1)41-33-17-6-7-18-34(33)42-32-16-5-4-15-30(32)35(38(41)42)28-11-8-10-27(24-28)31-22-21-26-20-19-25-12-9-23-39-36(25)37(26)40-31/h1-24H. The van der Waals surface area contributed by atoms with Crippen LogP contribution in [0.1, 0.15) is 0 Å². The number of nitrogens with zero attached hydrogens (tertiary/aromatic N) is 4. The molecule has 0 aliphatic heterocycles. The first-order valence-corrected chi connectivity index (χ1v) is 14.2. The van der Waals surface area contributed by atoms with E-state index in [-0.39, 0.29) is 0 Å². The first-order valence-electron chi connectivity index (χ1n) is 14.2. The number of imidazole rings is 1. The minimum Gasteiger partial charge on any atom is -0.293 e. The van der Waals surface area contributed by atoms with Crippen LogP contribution in [0.5, 0.6) is 0 Å². The molecule has 9 aromatic rings. The van der Waals surface area contributed by atoms with Crippen LogP contribution in [-0.4, -0.2) is 18.9 Å². The number of para-hydroxylation sites is 4. The van der Waals surface area contributed by atoms with Crippen molar-refractivity contribution in [3.8, 4) is 28.1 Å². The van der Waals surface area contributed by atoms with E-state index < -0.39 is 0 Å². The number of rotatable bonds is 3. The zero-order valence-corrected chi connectivity index (χ0v) is 22.6. The summed E-state index contributed by atoms with van der Waals surface area (Å²) >= 11 is 0. The summed E-state index contributed by atoms with van der Waals surface area (Å²) in [7, 11) is 0. The monoisotopic (exact) mass is 536 g/mol. The van der Waals surface area contributed by atoms with Crippen LogP contribution in [0.3, 0.4) is 0 Å². The van der Waals surface area contributed by atoms with E-state index in [4.69, 9.17) is 4.98 Å². The average Bonchev–Trinajstić information content (AvgIpc) is 3.57. The van der Waals surface area contributed by atoms with Gasteiger partial charge in [-0.1, -0.05) is 91.0 Å². The van der Waals surface area contributed by atoms with E-state index in [0.29, 0.717) is 0 Å². The van der Waals surface area contributed by atoms with Gasteiger partial charge in [0.2, 0.25) is 0 Å². The molecule has 0 bridgehead atoms. The molecule has 0 saturated carbocycles. The maximum absolute atomic E-state index is 5.15. The van der Waals surface area contributed by atoms with Crippen molar-refractivity contribution in [1.29, 1.82) is 0 Å². The van der Waals surface area contributed by atoms with E-state index >= 15 is 0 Å². The van der Waals surface area contributed by atoms with Crippen molar-refractivity contribution in [3.63, 3.8) is 0 Å². The highest BCUT2D eigenvalue weighted by Gasteiger charge is 2.22. The molecule has 5 aromatic carbocycles. The molecule has 0 unspecified atom stereocenters. The summed E-state index contributed by atoms with van der Waals surface area (Å²) < 4.78 is 4.80. The Bertz CT molecular complexity index is 2470. The van der Waals surface area contributed by atoms with Gasteiger partial charge in [-0.25, -0.2) is 4.98 Å². The van der Waals surface area contributed by atoms with Gasteiger partial charge in [0.05, 0.1) is 33.3 Å². The van der Waals surface area contributed by atoms with Crippen molar-refractivity contribution in [2.75, 3.05) is 0 Å². The Balaban J connectivity index is 1.34. The van der Waals surface area contributed by atoms with Crippen LogP contribution in [-0.2, 0) is 0 Å². The van der Waals surface area contributed by atoms with Crippen molar-refractivity contribution in [2.45, 2.75) is 0 Å². The summed E-state index contributed by atoms with van der Waals surface area (Å²) in [6, 6.07) is 49.4. The van der Waals surface area contributed by atoms with E-state index in [1.165, 1.54) is 27.5 Å². The lowest BCUT2D eigenvalue weighted by molar-refractivity contribution is 1.15. The summed E-state index contributed by atoms with van der Waals surface area (Å²) in [6.45, 7) is 0. The molecule has 0 radical (unpaired) electrons. The predicted molar refractivity (Wildman–Crippen MR) is 173 cm³/mol. The lowest BCUT2D eigenvalue weighted by atomic mass is 9.99. The molecule has 0 spiro atoms. The highest BCUT2D eigenvalue weighted by molar-refractivity contribution is 6.09. The molecule has 0 amide bonds. The van der Waals surface area contributed by atoms with Gasteiger partial charge in [-0.05, 0) is 54.1 Å². The maximum Gasteiger partial charge on any atom is 0.131 e. The third-order valence-electron chi connectivity index (χ3n) is 8.32. The smallest absolute Gasteiger partial charge is 0.131 e. The molecule has 0 aliphatic rings. The van der Waals surface area contributed by atoms with Crippen LogP contribution in [0.25, 0.3) is 77.5 Å². The lowest BCUT2D eigenvalue weighted by Crippen LogP contribution is -1.95. The summed E-state index contributed by atoms with van der Waals surface area (Å²) in [5.41, 5.74) is 12.1. The van der Waals surface area contributed by atoms with Gasteiger partial charge >= 0.3 is 0 Å². The van der Waals surface area contributed by atoms with Crippen LogP contribution >= 0.6 is 0 Å². The topological polar surface area (TPSA) is 35.1 Å². The summed E-state index contributed by atoms with van der Waals surface area (Å²) in [6.07, 6.45) is 1.84. The van der Waals surface area contributed by atoms with Crippen molar-refractivity contribution in [2.24, 2.45) is 0 Å². The highest BCUT2D eigenvalue weighted by atomic mass is 15.1. The molecular formula is C38H24N4. The normalized spacial score (nSPS) is 11.8. The molecule has 4 aromatic heterocycles. The fourth-order valence-electron chi connectivity index (χ4n) is 6.48. The zero-order valence-electron chi connectivity index (χ0n) is 22.6. The van der Waals surface area contributed by atoms with Gasteiger partial charge in [-0.3, -0.25) is 14.0 Å². The molecule has 4 heterocycles. The van der Waals surface area contributed by atoms with Gasteiger partial charge in [0.15, 0.2) is 0 Å². The van der Waals surface area contributed by atoms with Crippen molar-refractivity contribution >= 4 is 49.4 Å². The Kier molecular flexibility index (Phi) is 4.87. The molecule has 196 valence electrons. The van der Waals surface area contributed by atoms with Crippen molar-refractivity contribution in [3.05, 3.63) is 146 Å². The average molecular weight is 537 g/mol. The zero-order chi connectivity index (χ0) is 27.6. The number of aromatic nitrogens is 4. The van der Waals surface area contributed by atoms with Crippen LogP contribution in [0, 0.1) is 0 Å². The first kappa shape index (κ1) is 23.0. The fraction of sp³-hybridized carbons (Fsp3) is 0.